The largest absolute Gasteiger partial charge is 0.416 e. The highest BCUT2D eigenvalue weighted by Crippen LogP contribution is 2.50. The maximum Gasteiger partial charge on any atom is 0.416 e. The van der Waals surface area contributed by atoms with Gasteiger partial charge in [0, 0.05) is 17.5 Å². The first kappa shape index (κ1) is 27.5. The molecule has 0 saturated heterocycles. The van der Waals surface area contributed by atoms with Gasteiger partial charge in [0.25, 0.3) is 0 Å². The fourth-order valence-corrected chi connectivity index (χ4v) is 4.81. The van der Waals surface area contributed by atoms with Crippen molar-refractivity contribution in [2.45, 2.75) is 63.0 Å². The second-order valence-electron chi connectivity index (χ2n) is 10.2. The summed E-state index contributed by atoms with van der Waals surface area (Å²) in [5.41, 5.74) is 3.75. The first-order chi connectivity index (χ1) is 16.1. The van der Waals surface area contributed by atoms with Gasteiger partial charge in [0.05, 0.1) is 23.8 Å². The van der Waals surface area contributed by atoms with Crippen molar-refractivity contribution in [2.75, 3.05) is 19.7 Å². The van der Waals surface area contributed by atoms with E-state index in [0.717, 1.165) is 24.2 Å². The monoisotopic (exact) mass is 502 g/mol. The second-order valence-corrected chi connectivity index (χ2v) is 10.2. The number of nitrogens with one attached hydrogen (secondary N) is 1. The van der Waals surface area contributed by atoms with Crippen LogP contribution >= 0.6 is 0 Å². The normalized spacial score (nSPS) is 23.9. The van der Waals surface area contributed by atoms with Crippen LogP contribution in [0.25, 0.3) is 0 Å². The minimum atomic E-state index is -4.91. The minimum Gasteiger partial charge on any atom is -0.373 e. The Labute approximate surface area is 202 Å². The molecule has 0 bridgehead atoms. The molecule has 0 amide bonds. The molecule has 1 atom stereocenters. The van der Waals surface area contributed by atoms with E-state index < -0.39 is 40.5 Å². The third-order valence-electron chi connectivity index (χ3n) is 6.49. The lowest BCUT2D eigenvalue weighted by molar-refractivity contribution is -0.143. The molecule has 2 aromatic carbocycles. The topological polar surface area (TPSA) is 47.3 Å². The Balaban J connectivity index is 1.80. The Hall–Kier alpha value is -2.10. The summed E-state index contributed by atoms with van der Waals surface area (Å²) in [5, 5.41) is 3.37. The van der Waals surface area contributed by atoms with E-state index in [1.807, 2.05) is 30.3 Å². The summed E-state index contributed by atoms with van der Waals surface area (Å²) in [7, 11) is 0. The number of halogens is 6. The van der Waals surface area contributed by atoms with Gasteiger partial charge in [0.2, 0.25) is 0 Å². The van der Waals surface area contributed by atoms with Crippen LogP contribution in [0.5, 0.6) is 0 Å². The Morgan fingerprint density at radius 3 is 1.94 bits per heavy atom. The molecule has 0 radical (unpaired) electrons. The smallest absolute Gasteiger partial charge is 0.373 e. The van der Waals surface area contributed by atoms with Crippen molar-refractivity contribution in [1.29, 1.82) is 0 Å². The van der Waals surface area contributed by atoms with E-state index in [2.05, 4.69) is 19.2 Å². The molecule has 0 aromatic heterocycles. The molecule has 3 nitrogen and oxygen atoms in total. The van der Waals surface area contributed by atoms with Crippen molar-refractivity contribution in [2.24, 2.45) is 11.7 Å². The molecule has 0 heterocycles. The average Bonchev–Trinajstić information content (AvgIpc) is 2.74. The number of alkyl halides is 6. The first-order valence-electron chi connectivity index (χ1n) is 11.6. The van der Waals surface area contributed by atoms with Gasteiger partial charge in [-0.1, -0.05) is 44.2 Å². The molecule has 1 aliphatic rings. The van der Waals surface area contributed by atoms with E-state index in [9.17, 15) is 26.3 Å². The van der Waals surface area contributed by atoms with Crippen LogP contribution in [0.3, 0.4) is 0 Å². The number of rotatable bonds is 9. The van der Waals surface area contributed by atoms with E-state index in [1.165, 1.54) is 6.92 Å². The third kappa shape index (κ3) is 6.77. The van der Waals surface area contributed by atoms with Crippen LogP contribution in [-0.2, 0) is 22.5 Å². The minimum absolute atomic E-state index is 0.124. The van der Waals surface area contributed by atoms with Crippen molar-refractivity contribution < 1.29 is 31.1 Å². The number of hydrogen-bond acceptors (Lipinski definition) is 3. The maximum absolute atomic E-state index is 13.3. The van der Waals surface area contributed by atoms with Crippen molar-refractivity contribution in [3.05, 3.63) is 70.8 Å². The van der Waals surface area contributed by atoms with Crippen molar-refractivity contribution in [1.82, 2.24) is 5.32 Å². The summed E-state index contributed by atoms with van der Waals surface area (Å²) < 4.78 is 85.6. The summed E-state index contributed by atoms with van der Waals surface area (Å²) in [4.78, 5) is 0. The van der Waals surface area contributed by atoms with E-state index in [0.29, 0.717) is 25.3 Å². The Morgan fingerprint density at radius 1 is 0.914 bits per heavy atom. The van der Waals surface area contributed by atoms with Crippen LogP contribution in [0.15, 0.2) is 48.5 Å². The molecule has 0 spiro atoms. The van der Waals surface area contributed by atoms with Crippen LogP contribution in [0.1, 0.15) is 62.0 Å². The van der Waals surface area contributed by atoms with Crippen LogP contribution in [0, 0.1) is 5.92 Å². The Morgan fingerprint density at radius 2 is 1.46 bits per heavy atom. The lowest BCUT2D eigenvalue weighted by Crippen LogP contribution is -2.66. The quantitative estimate of drug-likeness (QED) is 0.386. The average molecular weight is 503 g/mol. The number of hydrogen-bond donors (Lipinski definition) is 2. The highest BCUT2D eigenvalue weighted by atomic mass is 19.4. The first-order valence-corrected chi connectivity index (χ1v) is 11.6. The van der Waals surface area contributed by atoms with Crippen LogP contribution in [0.4, 0.5) is 26.3 Å². The molecule has 1 fully saturated rings. The zero-order valence-electron chi connectivity index (χ0n) is 20.1. The molecule has 0 aliphatic heterocycles. The summed E-state index contributed by atoms with van der Waals surface area (Å²) >= 11 is 0. The van der Waals surface area contributed by atoms with Gasteiger partial charge in [-0.25, -0.2) is 0 Å². The summed E-state index contributed by atoms with van der Waals surface area (Å²) in [5.74, 6) is 0.468. The van der Waals surface area contributed by atoms with Gasteiger partial charge in [-0.3, -0.25) is 0 Å². The maximum atomic E-state index is 13.3. The molecule has 3 rings (SSSR count). The van der Waals surface area contributed by atoms with Gasteiger partial charge < -0.3 is 15.8 Å². The lowest BCUT2D eigenvalue weighted by atomic mass is 9.55. The number of nitrogens with two attached hydrogens (primary N) is 1. The third-order valence-corrected chi connectivity index (χ3v) is 6.49. The fraction of sp³-hybridized carbons (Fsp3) is 0.538. The van der Waals surface area contributed by atoms with E-state index >= 15 is 0 Å². The molecule has 35 heavy (non-hydrogen) atoms. The summed E-state index contributed by atoms with van der Waals surface area (Å²) in [6.45, 7) is 7.21. The molecule has 194 valence electrons. The van der Waals surface area contributed by atoms with Gasteiger partial charge in [-0.2, -0.15) is 26.3 Å². The summed E-state index contributed by atoms with van der Waals surface area (Å²) in [6, 6.07) is 11.1. The SMILES string of the molecule is CC(C)CNCC1(N)CC(CO[C@H](C)c2cc(C(F)(F)F)cc(C(F)(F)F)c2)(c2ccccc2)C1. The van der Waals surface area contributed by atoms with Crippen LogP contribution < -0.4 is 11.1 Å². The molecule has 1 saturated carbocycles. The van der Waals surface area contributed by atoms with Gasteiger partial charge in [0.1, 0.15) is 0 Å². The molecule has 3 N–H and O–H groups in total. The van der Waals surface area contributed by atoms with Crippen molar-refractivity contribution >= 4 is 0 Å². The Kier molecular flexibility index (Phi) is 7.94. The lowest BCUT2D eigenvalue weighted by Gasteiger charge is -2.55. The molecular formula is C26H32F6N2O. The van der Waals surface area contributed by atoms with Gasteiger partial charge in [-0.15, -0.1) is 0 Å². The van der Waals surface area contributed by atoms with Crippen LogP contribution in [-0.4, -0.2) is 25.2 Å². The van der Waals surface area contributed by atoms with E-state index in [4.69, 9.17) is 10.5 Å². The molecular weight excluding hydrogens is 470 g/mol. The predicted octanol–water partition coefficient (Wildman–Crippen LogP) is 6.48. The highest BCUT2D eigenvalue weighted by Gasteiger charge is 2.53. The molecule has 0 unspecified atom stereocenters. The van der Waals surface area contributed by atoms with Gasteiger partial charge in [-0.05, 0) is 61.6 Å². The number of benzene rings is 2. The fourth-order valence-electron chi connectivity index (χ4n) is 4.81. The summed E-state index contributed by atoms with van der Waals surface area (Å²) in [6.07, 6.45) is -9.63. The van der Waals surface area contributed by atoms with Crippen molar-refractivity contribution in [3.63, 3.8) is 0 Å². The second kappa shape index (κ2) is 10.1. The van der Waals surface area contributed by atoms with E-state index in [-0.39, 0.29) is 18.2 Å². The highest BCUT2D eigenvalue weighted by molar-refractivity contribution is 5.35. The van der Waals surface area contributed by atoms with Crippen LogP contribution in [0.2, 0.25) is 0 Å². The zero-order chi connectivity index (χ0) is 26.1. The standard InChI is InChI=1S/C26H32F6N2O/c1-17(2)12-34-15-24(33)13-23(14-24,20-7-5-4-6-8-20)16-35-18(3)19-9-21(25(27,28)29)11-22(10-19)26(30,31)32/h4-11,17-18,34H,12-16,33H2,1-3H3/t18-,23?,24?/m1/s1. The van der Waals surface area contributed by atoms with Crippen molar-refractivity contribution in [3.8, 4) is 0 Å². The van der Waals surface area contributed by atoms with E-state index in [1.54, 1.807) is 0 Å². The molecule has 1 aliphatic carbocycles. The molecule has 9 heteroatoms. The predicted molar refractivity (Wildman–Crippen MR) is 123 cm³/mol. The molecule has 2 aromatic rings. The van der Waals surface area contributed by atoms with Gasteiger partial charge >= 0.3 is 12.4 Å². The zero-order valence-corrected chi connectivity index (χ0v) is 20.1. The van der Waals surface area contributed by atoms with Gasteiger partial charge in [0.15, 0.2) is 0 Å². The number of ether oxygens (including phenoxy) is 1. The Bertz CT molecular complexity index is 949.